The minimum atomic E-state index is -1.13. The lowest BCUT2D eigenvalue weighted by atomic mass is 10.2. The summed E-state index contributed by atoms with van der Waals surface area (Å²) in [7, 11) is 1.59. The van der Waals surface area contributed by atoms with Crippen LogP contribution in [0.15, 0.2) is 0 Å². The Bertz CT molecular complexity index is 273. The molecule has 0 saturated carbocycles. The van der Waals surface area contributed by atoms with Crippen molar-refractivity contribution in [3.63, 3.8) is 0 Å². The SMILES string of the molecule is COCCOCCOCCOC(=O)CC[C@H](N)C(=O)O. The first kappa shape index (κ1) is 18.8. The molecule has 0 aliphatic rings. The van der Waals surface area contributed by atoms with Gasteiger partial charge in [0.2, 0.25) is 0 Å². The summed E-state index contributed by atoms with van der Waals surface area (Å²) in [4.78, 5) is 21.6. The van der Waals surface area contributed by atoms with Gasteiger partial charge in [0.1, 0.15) is 12.6 Å². The molecule has 0 aromatic carbocycles. The Hall–Kier alpha value is -1.22. The maximum Gasteiger partial charge on any atom is 0.320 e. The monoisotopic (exact) mass is 293 g/mol. The Morgan fingerprint density at radius 3 is 2.15 bits per heavy atom. The molecular formula is C12H23NO7. The highest BCUT2D eigenvalue weighted by atomic mass is 16.6. The molecular weight excluding hydrogens is 270 g/mol. The summed E-state index contributed by atoms with van der Waals surface area (Å²) >= 11 is 0. The average Bonchev–Trinajstić information content (AvgIpc) is 2.42. The largest absolute Gasteiger partial charge is 0.480 e. The summed E-state index contributed by atoms with van der Waals surface area (Å²) in [5.74, 6) is -1.61. The molecule has 3 N–H and O–H groups in total. The molecule has 0 amide bonds. The van der Waals surface area contributed by atoms with E-state index in [0.29, 0.717) is 26.4 Å². The van der Waals surface area contributed by atoms with E-state index >= 15 is 0 Å². The minimum Gasteiger partial charge on any atom is -0.480 e. The van der Waals surface area contributed by atoms with Gasteiger partial charge in [0.15, 0.2) is 0 Å². The summed E-state index contributed by atoms with van der Waals surface area (Å²) in [6.45, 7) is 2.30. The number of rotatable bonds is 13. The van der Waals surface area contributed by atoms with Crippen LogP contribution in [-0.4, -0.2) is 69.8 Å². The zero-order valence-electron chi connectivity index (χ0n) is 11.7. The number of carbonyl (C=O) groups is 2. The normalized spacial score (nSPS) is 12.1. The molecule has 0 rings (SSSR count). The number of hydrogen-bond donors (Lipinski definition) is 2. The van der Waals surface area contributed by atoms with Crippen LogP contribution in [0.25, 0.3) is 0 Å². The molecule has 0 fully saturated rings. The van der Waals surface area contributed by atoms with E-state index in [0.717, 1.165) is 0 Å². The second-order valence-corrected chi connectivity index (χ2v) is 3.92. The van der Waals surface area contributed by atoms with Gasteiger partial charge in [-0.15, -0.1) is 0 Å². The van der Waals surface area contributed by atoms with Crippen LogP contribution in [0.2, 0.25) is 0 Å². The van der Waals surface area contributed by atoms with Crippen LogP contribution in [0, 0.1) is 0 Å². The number of esters is 1. The number of hydrogen-bond acceptors (Lipinski definition) is 7. The van der Waals surface area contributed by atoms with Crippen LogP contribution in [0.3, 0.4) is 0 Å². The zero-order chi connectivity index (χ0) is 15.2. The Balaban J connectivity index is 3.29. The first-order valence-electron chi connectivity index (χ1n) is 6.36. The topological polar surface area (TPSA) is 117 Å². The molecule has 0 saturated heterocycles. The first-order chi connectivity index (χ1) is 9.57. The number of carboxylic acid groups (broad SMARTS) is 1. The smallest absolute Gasteiger partial charge is 0.320 e. The highest BCUT2D eigenvalue weighted by molar-refractivity contribution is 5.75. The third-order valence-electron chi connectivity index (χ3n) is 2.27. The quantitative estimate of drug-likeness (QED) is 0.341. The van der Waals surface area contributed by atoms with Gasteiger partial charge in [-0.1, -0.05) is 0 Å². The second-order valence-electron chi connectivity index (χ2n) is 3.92. The predicted octanol–water partition coefficient (Wildman–Crippen LogP) is -0.599. The number of ether oxygens (including phenoxy) is 4. The van der Waals surface area contributed by atoms with Crippen molar-refractivity contribution in [2.24, 2.45) is 5.73 Å². The molecule has 118 valence electrons. The van der Waals surface area contributed by atoms with Crippen LogP contribution >= 0.6 is 0 Å². The second kappa shape index (κ2) is 12.8. The number of nitrogens with two attached hydrogens (primary N) is 1. The lowest BCUT2D eigenvalue weighted by Gasteiger charge is -2.08. The third-order valence-corrected chi connectivity index (χ3v) is 2.27. The van der Waals surface area contributed by atoms with E-state index in [2.05, 4.69) is 0 Å². The van der Waals surface area contributed by atoms with Gasteiger partial charge in [-0.2, -0.15) is 0 Å². The van der Waals surface area contributed by atoms with Gasteiger partial charge in [-0.25, -0.2) is 0 Å². The van der Waals surface area contributed by atoms with Gasteiger partial charge in [-0.3, -0.25) is 9.59 Å². The highest BCUT2D eigenvalue weighted by Crippen LogP contribution is 1.97. The van der Waals surface area contributed by atoms with E-state index in [4.69, 9.17) is 29.8 Å². The average molecular weight is 293 g/mol. The molecule has 0 radical (unpaired) electrons. The van der Waals surface area contributed by atoms with E-state index in [1.807, 2.05) is 0 Å². The summed E-state index contributed by atoms with van der Waals surface area (Å²) in [5.41, 5.74) is 5.25. The Kier molecular flexibility index (Phi) is 12.0. The summed E-state index contributed by atoms with van der Waals surface area (Å²) < 4.78 is 20.0. The molecule has 0 aromatic rings. The Morgan fingerprint density at radius 2 is 1.60 bits per heavy atom. The van der Waals surface area contributed by atoms with E-state index in [9.17, 15) is 9.59 Å². The molecule has 0 bridgehead atoms. The molecule has 8 heteroatoms. The summed E-state index contributed by atoms with van der Waals surface area (Å²) in [6.07, 6.45) is 0.0377. The van der Waals surface area contributed by atoms with Crippen molar-refractivity contribution >= 4 is 11.9 Å². The highest BCUT2D eigenvalue weighted by Gasteiger charge is 2.13. The summed E-state index contributed by atoms with van der Waals surface area (Å²) in [5, 5.41) is 8.53. The number of methoxy groups -OCH3 is 1. The number of aliphatic carboxylic acids is 1. The maximum atomic E-state index is 11.2. The van der Waals surface area contributed by atoms with Crippen molar-refractivity contribution in [2.45, 2.75) is 18.9 Å². The molecule has 8 nitrogen and oxygen atoms in total. The van der Waals surface area contributed by atoms with Gasteiger partial charge >= 0.3 is 11.9 Å². The van der Waals surface area contributed by atoms with E-state index in [1.165, 1.54) is 0 Å². The van der Waals surface area contributed by atoms with Crippen molar-refractivity contribution in [3.8, 4) is 0 Å². The minimum absolute atomic E-state index is 0.0202. The standard InChI is InChI=1S/C12H23NO7/c1-17-4-5-18-6-7-19-8-9-20-11(14)3-2-10(13)12(15)16/h10H,2-9,13H2,1H3,(H,15,16)/t10-/m0/s1. The van der Waals surface area contributed by atoms with Gasteiger partial charge in [-0.05, 0) is 6.42 Å². The number of carbonyl (C=O) groups excluding carboxylic acids is 1. The Labute approximate surface area is 118 Å². The molecule has 0 heterocycles. The van der Waals surface area contributed by atoms with Crippen LogP contribution in [-0.2, 0) is 28.5 Å². The lowest BCUT2D eigenvalue weighted by molar-refractivity contribution is -0.146. The fourth-order valence-corrected chi connectivity index (χ4v) is 1.15. The van der Waals surface area contributed by atoms with E-state index in [-0.39, 0.29) is 26.1 Å². The molecule has 20 heavy (non-hydrogen) atoms. The Morgan fingerprint density at radius 1 is 1.05 bits per heavy atom. The molecule has 0 unspecified atom stereocenters. The fraction of sp³-hybridized carbons (Fsp3) is 0.833. The predicted molar refractivity (Wildman–Crippen MR) is 69.3 cm³/mol. The van der Waals surface area contributed by atoms with Gasteiger partial charge < -0.3 is 29.8 Å². The van der Waals surface area contributed by atoms with Crippen LogP contribution in [0.1, 0.15) is 12.8 Å². The third kappa shape index (κ3) is 11.8. The molecule has 0 aliphatic carbocycles. The number of carboxylic acids is 1. The van der Waals surface area contributed by atoms with Crippen molar-refractivity contribution in [1.29, 1.82) is 0 Å². The van der Waals surface area contributed by atoms with Crippen molar-refractivity contribution in [1.82, 2.24) is 0 Å². The first-order valence-corrected chi connectivity index (χ1v) is 6.36. The molecule has 0 aliphatic heterocycles. The molecule has 0 aromatic heterocycles. The van der Waals surface area contributed by atoms with Gasteiger partial charge in [0.25, 0.3) is 0 Å². The van der Waals surface area contributed by atoms with Gasteiger partial charge in [0, 0.05) is 13.5 Å². The van der Waals surface area contributed by atoms with Gasteiger partial charge in [0.05, 0.1) is 33.0 Å². The maximum absolute atomic E-state index is 11.2. The van der Waals surface area contributed by atoms with Crippen molar-refractivity contribution in [2.75, 3.05) is 46.8 Å². The van der Waals surface area contributed by atoms with Crippen LogP contribution < -0.4 is 5.73 Å². The van der Waals surface area contributed by atoms with Crippen LogP contribution in [0.5, 0.6) is 0 Å². The van der Waals surface area contributed by atoms with Crippen molar-refractivity contribution in [3.05, 3.63) is 0 Å². The zero-order valence-corrected chi connectivity index (χ0v) is 11.7. The summed E-state index contributed by atoms with van der Waals surface area (Å²) in [6, 6.07) is -1.04. The fourth-order valence-electron chi connectivity index (χ4n) is 1.15. The van der Waals surface area contributed by atoms with Crippen molar-refractivity contribution < 1.29 is 33.6 Å². The van der Waals surface area contributed by atoms with Crippen LogP contribution in [0.4, 0.5) is 0 Å². The van der Waals surface area contributed by atoms with E-state index < -0.39 is 18.0 Å². The lowest BCUT2D eigenvalue weighted by Crippen LogP contribution is -2.30. The molecule has 1 atom stereocenters. The van der Waals surface area contributed by atoms with E-state index in [1.54, 1.807) is 7.11 Å². The molecule has 0 spiro atoms.